The topological polar surface area (TPSA) is 91.7 Å². The van der Waals surface area contributed by atoms with E-state index in [0.717, 1.165) is 10.9 Å². The summed E-state index contributed by atoms with van der Waals surface area (Å²) in [5.74, 6) is -0.0469. The first-order chi connectivity index (χ1) is 17.8. The van der Waals surface area contributed by atoms with Gasteiger partial charge >= 0.3 is 0 Å². The number of nitrogens with one attached hydrogen (secondary N) is 1. The summed E-state index contributed by atoms with van der Waals surface area (Å²) in [5.41, 5.74) is 2.35. The number of fused-ring (bicyclic) bond motifs is 1. The minimum Gasteiger partial charge on any atom is -0.366 e. The fourth-order valence-corrected chi connectivity index (χ4v) is 5.77. The highest BCUT2D eigenvalue weighted by molar-refractivity contribution is 7.92. The number of para-hydroxylation sites is 1. The second kappa shape index (κ2) is 9.74. The van der Waals surface area contributed by atoms with Gasteiger partial charge < -0.3 is 14.4 Å². The van der Waals surface area contributed by atoms with Crippen molar-refractivity contribution in [3.05, 3.63) is 100 Å². The Labute approximate surface area is 215 Å². The van der Waals surface area contributed by atoms with Gasteiger partial charge in [0.15, 0.2) is 0 Å². The van der Waals surface area contributed by atoms with Crippen LogP contribution < -0.4 is 15.2 Å². The monoisotopic (exact) mass is 516 g/mol. The highest BCUT2D eigenvalue weighted by Crippen LogP contribution is 2.34. The summed E-state index contributed by atoms with van der Waals surface area (Å²) >= 11 is 0. The van der Waals surface area contributed by atoms with Crippen LogP contribution in [0.1, 0.15) is 15.9 Å². The van der Waals surface area contributed by atoms with Crippen molar-refractivity contribution in [1.29, 1.82) is 0 Å². The summed E-state index contributed by atoms with van der Waals surface area (Å²) in [6.07, 6.45) is 0. The number of benzene rings is 3. The van der Waals surface area contributed by atoms with Crippen LogP contribution in [0.4, 0.5) is 11.4 Å². The van der Waals surface area contributed by atoms with Gasteiger partial charge in [-0.25, -0.2) is 8.42 Å². The summed E-state index contributed by atoms with van der Waals surface area (Å²) in [6.45, 7) is 3.68. The lowest BCUT2D eigenvalue weighted by molar-refractivity contribution is 0.0747. The van der Waals surface area contributed by atoms with Crippen LogP contribution in [-0.2, 0) is 17.1 Å². The van der Waals surface area contributed by atoms with Crippen molar-refractivity contribution in [2.24, 2.45) is 7.05 Å². The third-order valence-corrected chi connectivity index (χ3v) is 8.11. The summed E-state index contributed by atoms with van der Waals surface area (Å²) in [4.78, 5) is 30.3. The molecule has 1 amide bonds. The van der Waals surface area contributed by atoms with Gasteiger partial charge in [-0.2, -0.15) is 0 Å². The van der Waals surface area contributed by atoms with Gasteiger partial charge in [0, 0.05) is 44.2 Å². The van der Waals surface area contributed by atoms with Crippen LogP contribution in [0.25, 0.3) is 10.9 Å². The van der Waals surface area contributed by atoms with E-state index >= 15 is 0 Å². The minimum atomic E-state index is -4.01. The number of amides is 1. The predicted octanol–water partition coefficient (Wildman–Crippen LogP) is 3.61. The molecule has 0 saturated carbocycles. The lowest BCUT2D eigenvalue weighted by Crippen LogP contribution is -2.49. The molecule has 8 nitrogen and oxygen atoms in total. The summed E-state index contributed by atoms with van der Waals surface area (Å²) < 4.78 is 30.7. The quantitative estimate of drug-likeness (QED) is 0.438. The molecule has 0 spiro atoms. The van der Waals surface area contributed by atoms with Crippen molar-refractivity contribution < 1.29 is 13.2 Å². The third-order valence-electron chi connectivity index (χ3n) is 6.75. The Morgan fingerprint density at radius 1 is 0.838 bits per heavy atom. The van der Waals surface area contributed by atoms with Crippen molar-refractivity contribution in [2.45, 2.75) is 11.8 Å². The lowest BCUT2D eigenvalue weighted by atomic mass is 10.1. The minimum absolute atomic E-state index is 0.00427. The molecule has 5 rings (SSSR count). The maximum atomic E-state index is 13.5. The SMILES string of the molecule is Cc1ccc(S(=O)(=O)Nc2c(N3CCN(C(=O)c4ccccc4)CC3)c3ccccc3n(C)c2=O)cc1. The number of pyridine rings is 1. The van der Waals surface area contributed by atoms with Gasteiger partial charge in [-0.3, -0.25) is 14.3 Å². The highest BCUT2D eigenvalue weighted by Gasteiger charge is 2.28. The fourth-order valence-electron chi connectivity index (χ4n) is 4.71. The van der Waals surface area contributed by atoms with Crippen LogP contribution in [0.3, 0.4) is 0 Å². The van der Waals surface area contributed by atoms with Crippen LogP contribution in [0.5, 0.6) is 0 Å². The molecule has 0 radical (unpaired) electrons. The molecule has 0 aliphatic carbocycles. The Bertz CT molecular complexity index is 1620. The Balaban J connectivity index is 1.53. The Hall–Kier alpha value is -4.11. The molecule has 37 heavy (non-hydrogen) atoms. The van der Waals surface area contributed by atoms with Gasteiger partial charge in [-0.1, -0.05) is 54.1 Å². The molecule has 0 bridgehead atoms. The Morgan fingerprint density at radius 3 is 2.14 bits per heavy atom. The first-order valence-corrected chi connectivity index (χ1v) is 13.5. The smallest absolute Gasteiger partial charge is 0.277 e. The largest absolute Gasteiger partial charge is 0.366 e. The van der Waals surface area contributed by atoms with E-state index in [9.17, 15) is 18.0 Å². The van der Waals surface area contributed by atoms with Crippen LogP contribution in [0.15, 0.2) is 88.6 Å². The molecule has 2 heterocycles. The molecule has 4 aromatic rings. The van der Waals surface area contributed by atoms with Gasteiger partial charge in [0.1, 0.15) is 5.69 Å². The number of rotatable bonds is 5. The van der Waals surface area contributed by atoms with Gasteiger partial charge in [-0.15, -0.1) is 0 Å². The second-order valence-corrected chi connectivity index (χ2v) is 10.9. The van der Waals surface area contributed by atoms with Crippen molar-refractivity contribution in [3.63, 3.8) is 0 Å². The van der Waals surface area contributed by atoms with E-state index in [4.69, 9.17) is 0 Å². The van der Waals surface area contributed by atoms with Gasteiger partial charge in [-0.05, 0) is 37.3 Å². The van der Waals surface area contributed by atoms with Crippen molar-refractivity contribution in [1.82, 2.24) is 9.47 Å². The molecule has 1 aromatic heterocycles. The molecule has 190 valence electrons. The Kier molecular flexibility index (Phi) is 6.47. The normalized spacial score (nSPS) is 14.1. The van der Waals surface area contributed by atoms with E-state index in [-0.39, 0.29) is 16.5 Å². The molecular weight excluding hydrogens is 488 g/mol. The fraction of sp³-hybridized carbons (Fsp3) is 0.214. The molecule has 1 aliphatic rings. The van der Waals surface area contributed by atoms with Crippen LogP contribution in [0.2, 0.25) is 0 Å². The van der Waals surface area contributed by atoms with E-state index in [0.29, 0.717) is 42.9 Å². The number of hydrogen-bond acceptors (Lipinski definition) is 5. The molecule has 9 heteroatoms. The lowest BCUT2D eigenvalue weighted by Gasteiger charge is -2.37. The summed E-state index contributed by atoms with van der Waals surface area (Å²) in [6, 6.07) is 23.0. The average molecular weight is 517 g/mol. The zero-order valence-electron chi connectivity index (χ0n) is 20.7. The number of sulfonamides is 1. The van der Waals surface area contributed by atoms with E-state index < -0.39 is 15.6 Å². The molecule has 1 saturated heterocycles. The molecule has 0 atom stereocenters. The number of nitrogens with zero attached hydrogens (tertiary/aromatic N) is 3. The highest BCUT2D eigenvalue weighted by atomic mass is 32.2. The molecule has 1 N–H and O–H groups in total. The van der Waals surface area contributed by atoms with Crippen molar-refractivity contribution >= 4 is 38.2 Å². The number of piperazine rings is 1. The van der Waals surface area contributed by atoms with Gasteiger partial charge in [0.2, 0.25) is 0 Å². The number of aromatic nitrogens is 1. The molecule has 1 fully saturated rings. The molecular formula is C28H28N4O4S. The van der Waals surface area contributed by atoms with Crippen LogP contribution >= 0.6 is 0 Å². The number of aryl methyl sites for hydroxylation is 2. The zero-order valence-corrected chi connectivity index (χ0v) is 21.5. The molecule has 3 aromatic carbocycles. The van der Waals surface area contributed by atoms with E-state index in [1.54, 1.807) is 36.2 Å². The molecule has 1 aliphatic heterocycles. The zero-order chi connectivity index (χ0) is 26.2. The first-order valence-electron chi connectivity index (χ1n) is 12.1. The van der Waals surface area contributed by atoms with E-state index in [1.807, 2.05) is 54.3 Å². The van der Waals surface area contributed by atoms with E-state index in [2.05, 4.69) is 4.72 Å². The number of carbonyl (C=O) groups is 1. The standard InChI is InChI=1S/C28H28N4O4S/c1-20-12-14-22(15-13-20)37(35,36)29-25-26(23-10-6-7-11-24(23)30(2)28(25)34)31-16-18-32(19-17-31)27(33)21-8-4-3-5-9-21/h3-15,29H,16-19H2,1-2H3. The average Bonchev–Trinajstić information content (AvgIpc) is 2.92. The number of carbonyl (C=O) groups excluding carboxylic acids is 1. The third kappa shape index (κ3) is 4.70. The van der Waals surface area contributed by atoms with Crippen LogP contribution in [0, 0.1) is 6.92 Å². The second-order valence-electron chi connectivity index (χ2n) is 9.17. The summed E-state index contributed by atoms with van der Waals surface area (Å²) in [5, 5.41) is 0.758. The molecule has 0 unspecified atom stereocenters. The number of anilines is 2. The Morgan fingerprint density at radius 2 is 1.46 bits per heavy atom. The summed E-state index contributed by atoms with van der Waals surface area (Å²) in [7, 11) is -2.38. The maximum absolute atomic E-state index is 13.5. The first kappa shape index (κ1) is 24.6. The predicted molar refractivity (Wildman–Crippen MR) is 146 cm³/mol. The van der Waals surface area contributed by atoms with E-state index in [1.165, 1.54) is 16.7 Å². The van der Waals surface area contributed by atoms with Crippen molar-refractivity contribution in [2.75, 3.05) is 35.8 Å². The van der Waals surface area contributed by atoms with Crippen molar-refractivity contribution in [3.8, 4) is 0 Å². The van der Waals surface area contributed by atoms with Gasteiger partial charge in [0.25, 0.3) is 21.5 Å². The maximum Gasteiger partial charge on any atom is 0.277 e. The van der Waals surface area contributed by atoms with Gasteiger partial charge in [0.05, 0.1) is 16.1 Å². The number of hydrogen-bond donors (Lipinski definition) is 1. The van der Waals surface area contributed by atoms with Crippen LogP contribution in [-0.4, -0.2) is 50.0 Å².